The topological polar surface area (TPSA) is 89.0 Å². The van der Waals surface area contributed by atoms with Crippen molar-refractivity contribution in [1.29, 1.82) is 0 Å². The molecule has 6 nitrogen and oxygen atoms in total. The molecule has 8 heteroatoms. The Bertz CT molecular complexity index is 525. The lowest BCUT2D eigenvalue weighted by molar-refractivity contribution is -0.117. The first-order valence-corrected chi connectivity index (χ1v) is 6.92. The molecule has 0 aliphatic rings. The van der Waals surface area contributed by atoms with E-state index >= 15 is 0 Å². The molecular weight excluding hydrogens is 266 g/mol. The van der Waals surface area contributed by atoms with Crippen molar-refractivity contribution in [3.63, 3.8) is 0 Å². The van der Waals surface area contributed by atoms with E-state index in [4.69, 9.17) is 11.6 Å². The van der Waals surface area contributed by atoms with Crippen LogP contribution in [0.5, 0.6) is 0 Å². The van der Waals surface area contributed by atoms with Crippen LogP contribution in [0.2, 0.25) is 5.15 Å². The van der Waals surface area contributed by atoms with Crippen molar-refractivity contribution in [3.05, 3.63) is 17.3 Å². The van der Waals surface area contributed by atoms with Crippen LogP contribution in [0.25, 0.3) is 0 Å². The summed E-state index contributed by atoms with van der Waals surface area (Å²) in [7, 11) is -3.52. The Morgan fingerprint density at radius 2 is 1.94 bits per heavy atom. The lowest BCUT2D eigenvalue weighted by Gasteiger charge is -2.20. The third-order valence-corrected chi connectivity index (χ3v) is 4.59. The Morgan fingerprint density at radius 1 is 1.35 bits per heavy atom. The number of aromatic nitrogens is 2. The average molecular weight is 278 g/mol. The van der Waals surface area contributed by atoms with Crippen LogP contribution in [0.4, 0.5) is 5.82 Å². The van der Waals surface area contributed by atoms with Gasteiger partial charge in [0.25, 0.3) is 0 Å². The van der Waals surface area contributed by atoms with Crippen molar-refractivity contribution in [3.8, 4) is 0 Å². The van der Waals surface area contributed by atoms with Gasteiger partial charge >= 0.3 is 0 Å². The number of halogens is 1. The summed E-state index contributed by atoms with van der Waals surface area (Å²) in [6.45, 7) is 2.64. The van der Waals surface area contributed by atoms with Crippen LogP contribution in [-0.2, 0) is 14.6 Å². The van der Waals surface area contributed by atoms with Gasteiger partial charge in [-0.2, -0.15) is 0 Å². The third kappa shape index (κ3) is 3.13. The maximum absolute atomic E-state index is 11.8. The van der Waals surface area contributed by atoms with Crippen molar-refractivity contribution in [1.82, 2.24) is 10.2 Å². The molecule has 0 aromatic carbocycles. The molecule has 1 aromatic heterocycles. The number of amides is 1. The van der Waals surface area contributed by atoms with Gasteiger partial charge in [-0.3, -0.25) is 4.79 Å². The van der Waals surface area contributed by atoms with E-state index in [9.17, 15) is 13.2 Å². The maximum atomic E-state index is 11.8. The highest BCUT2D eigenvalue weighted by atomic mass is 35.5. The van der Waals surface area contributed by atoms with E-state index in [1.165, 1.54) is 26.0 Å². The minimum absolute atomic E-state index is 0.149. The highest BCUT2D eigenvalue weighted by Gasteiger charge is 2.38. The molecule has 0 spiro atoms. The van der Waals surface area contributed by atoms with Crippen LogP contribution < -0.4 is 5.32 Å². The number of nitrogens with one attached hydrogen (secondary N) is 1. The quantitative estimate of drug-likeness (QED) is 0.886. The molecule has 0 radical (unpaired) electrons. The highest BCUT2D eigenvalue weighted by Crippen LogP contribution is 2.17. The van der Waals surface area contributed by atoms with E-state index in [1.54, 1.807) is 0 Å². The second-order valence-electron chi connectivity index (χ2n) is 3.98. The highest BCUT2D eigenvalue weighted by molar-refractivity contribution is 7.92. The van der Waals surface area contributed by atoms with Crippen molar-refractivity contribution >= 4 is 33.2 Å². The lowest BCUT2D eigenvalue weighted by Crippen LogP contribution is -2.44. The van der Waals surface area contributed by atoms with Crippen molar-refractivity contribution in [2.45, 2.75) is 18.6 Å². The summed E-state index contributed by atoms with van der Waals surface area (Å²) in [5.74, 6) is -0.521. The fraction of sp³-hybridized carbons (Fsp3) is 0.444. The molecule has 1 amide bonds. The van der Waals surface area contributed by atoms with E-state index in [0.29, 0.717) is 0 Å². The number of anilines is 1. The standard InChI is InChI=1S/C9H12ClN3O3S/c1-9(2,17(3,15)16)8(14)11-7-5-4-6(10)12-13-7/h4-5H,1-3H3,(H,11,13,14). The summed E-state index contributed by atoms with van der Waals surface area (Å²) in [5.41, 5.74) is 0. The molecule has 94 valence electrons. The van der Waals surface area contributed by atoms with Gasteiger partial charge in [-0.05, 0) is 26.0 Å². The number of carbonyl (C=O) groups is 1. The monoisotopic (exact) mass is 277 g/mol. The second kappa shape index (κ2) is 4.58. The fourth-order valence-electron chi connectivity index (χ4n) is 0.818. The smallest absolute Gasteiger partial charge is 0.246 e. The number of hydrogen-bond donors (Lipinski definition) is 1. The molecule has 1 rings (SSSR count). The van der Waals surface area contributed by atoms with E-state index in [2.05, 4.69) is 15.5 Å². The van der Waals surface area contributed by atoms with Crippen LogP contribution in [0.3, 0.4) is 0 Å². The Labute approximate surface area is 104 Å². The van der Waals surface area contributed by atoms with Crippen LogP contribution in [-0.4, -0.2) is 35.5 Å². The summed E-state index contributed by atoms with van der Waals surface area (Å²) in [5, 5.41) is 9.68. The minimum Gasteiger partial charge on any atom is -0.308 e. The summed E-state index contributed by atoms with van der Waals surface area (Å²) < 4.78 is 21.3. The van der Waals surface area contributed by atoms with E-state index in [1.807, 2.05) is 0 Å². The van der Waals surface area contributed by atoms with Crippen LogP contribution in [0.1, 0.15) is 13.8 Å². The first-order valence-electron chi connectivity index (χ1n) is 4.65. The molecule has 0 aliphatic heterocycles. The number of hydrogen-bond acceptors (Lipinski definition) is 5. The Kier molecular flexibility index (Phi) is 3.73. The van der Waals surface area contributed by atoms with Gasteiger partial charge < -0.3 is 5.32 Å². The van der Waals surface area contributed by atoms with E-state index in [-0.39, 0.29) is 11.0 Å². The molecule has 1 heterocycles. The predicted molar refractivity (Wildman–Crippen MR) is 64.6 cm³/mol. The van der Waals surface area contributed by atoms with Gasteiger partial charge in [0.05, 0.1) is 0 Å². The number of sulfone groups is 1. The van der Waals surface area contributed by atoms with Gasteiger partial charge in [0.2, 0.25) is 5.91 Å². The summed E-state index contributed by atoms with van der Waals surface area (Å²) in [6, 6.07) is 2.88. The Morgan fingerprint density at radius 3 is 2.35 bits per heavy atom. The Hall–Kier alpha value is -1.21. The second-order valence-corrected chi connectivity index (χ2v) is 6.93. The zero-order valence-electron chi connectivity index (χ0n) is 9.56. The van der Waals surface area contributed by atoms with Crippen molar-refractivity contribution in [2.75, 3.05) is 11.6 Å². The van der Waals surface area contributed by atoms with Gasteiger partial charge in [-0.15, -0.1) is 10.2 Å². The lowest BCUT2D eigenvalue weighted by atomic mass is 10.2. The van der Waals surface area contributed by atoms with Crippen molar-refractivity contribution < 1.29 is 13.2 Å². The molecule has 0 saturated heterocycles. The molecule has 0 aliphatic carbocycles. The SMILES string of the molecule is CC(C)(C(=O)Nc1ccc(Cl)nn1)S(C)(=O)=O. The molecule has 0 atom stereocenters. The van der Waals surface area contributed by atoms with Gasteiger partial charge in [0.15, 0.2) is 20.8 Å². The van der Waals surface area contributed by atoms with Crippen LogP contribution in [0, 0.1) is 0 Å². The average Bonchev–Trinajstić information content (AvgIpc) is 2.19. The molecule has 17 heavy (non-hydrogen) atoms. The summed E-state index contributed by atoms with van der Waals surface area (Å²) >= 11 is 5.53. The third-order valence-electron chi connectivity index (χ3n) is 2.35. The molecule has 1 N–H and O–H groups in total. The molecule has 0 bridgehead atoms. The molecule has 0 fully saturated rings. The van der Waals surface area contributed by atoms with Crippen molar-refractivity contribution in [2.24, 2.45) is 0 Å². The van der Waals surface area contributed by atoms with Gasteiger partial charge in [-0.1, -0.05) is 11.6 Å². The Balaban J connectivity index is 2.90. The summed E-state index contributed by atoms with van der Waals surface area (Å²) in [6.07, 6.45) is 1.00. The molecule has 0 saturated carbocycles. The summed E-state index contributed by atoms with van der Waals surface area (Å²) in [4.78, 5) is 11.8. The van der Waals surface area contributed by atoms with Crippen LogP contribution in [0.15, 0.2) is 12.1 Å². The van der Waals surface area contributed by atoms with Gasteiger partial charge in [0, 0.05) is 6.26 Å². The number of rotatable bonds is 3. The normalized spacial score (nSPS) is 12.2. The minimum atomic E-state index is -3.52. The van der Waals surface area contributed by atoms with Gasteiger partial charge in [0.1, 0.15) is 4.75 Å². The van der Waals surface area contributed by atoms with E-state index < -0.39 is 20.5 Å². The fourth-order valence-corrected chi connectivity index (χ4v) is 1.31. The maximum Gasteiger partial charge on any atom is 0.246 e. The largest absolute Gasteiger partial charge is 0.308 e. The number of nitrogens with zero attached hydrogens (tertiary/aromatic N) is 2. The first kappa shape index (κ1) is 13.9. The molecule has 1 aromatic rings. The number of carbonyl (C=O) groups excluding carboxylic acids is 1. The molecular formula is C9H12ClN3O3S. The van der Waals surface area contributed by atoms with Gasteiger partial charge in [-0.25, -0.2) is 8.42 Å². The predicted octanol–water partition coefficient (Wildman–Crippen LogP) is 0.892. The molecule has 0 unspecified atom stereocenters. The zero-order chi connectivity index (χ0) is 13.3. The first-order chi connectivity index (χ1) is 7.64. The zero-order valence-corrected chi connectivity index (χ0v) is 11.1. The van der Waals surface area contributed by atoms with Crippen LogP contribution >= 0.6 is 11.6 Å². The van der Waals surface area contributed by atoms with E-state index in [0.717, 1.165) is 6.26 Å².